The average molecular weight is 502 g/mol. The molecule has 2 unspecified atom stereocenters. The van der Waals surface area contributed by atoms with Gasteiger partial charge in [-0.15, -0.1) is 11.8 Å². The largest absolute Gasteiger partial charge is 0.508 e. The van der Waals surface area contributed by atoms with E-state index in [4.69, 9.17) is 4.42 Å². The highest BCUT2D eigenvalue weighted by atomic mass is 32.3. The molecule has 2 aromatic rings. The minimum atomic E-state index is -3.86. The fourth-order valence-corrected chi connectivity index (χ4v) is 7.88. The van der Waals surface area contributed by atoms with Crippen molar-refractivity contribution in [3.63, 3.8) is 0 Å². The van der Waals surface area contributed by atoms with Crippen LogP contribution in [0.4, 0.5) is 11.6 Å². The Hall–Kier alpha value is -1.80. The summed E-state index contributed by atoms with van der Waals surface area (Å²) in [5.41, 5.74) is 0. The van der Waals surface area contributed by atoms with E-state index in [1.165, 1.54) is 4.31 Å². The summed E-state index contributed by atoms with van der Waals surface area (Å²) in [4.78, 5) is 0. The van der Waals surface area contributed by atoms with Crippen LogP contribution in [0.5, 0.6) is 0 Å². The number of nitrogens with one attached hydrogen (secondary N) is 2. The molecule has 0 aromatic carbocycles. The third-order valence-corrected chi connectivity index (χ3v) is 9.88. The van der Waals surface area contributed by atoms with Gasteiger partial charge in [0, 0.05) is 18.3 Å². The van der Waals surface area contributed by atoms with Gasteiger partial charge in [-0.1, -0.05) is 6.92 Å². The first-order chi connectivity index (χ1) is 15.3. The predicted octanol–water partition coefficient (Wildman–Crippen LogP) is 3.04. The van der Waals surface area contributed by atoms with Crippen LogP contribution in [0.3, 0.4) is 0 Å². The van der Waals surface area contributed by atoms with Crippen LogP contribution in [0.2, 0.25) is 0 Å². The van der Waals surface area contributed by atoms with E-state index in [1.54, 1.807) is 0 Å². The first-order valence-electron chi connectivity index (χ1n) is 10.5. The number of aliphatic hydroxyl groups excluding tert-OH is 2. The number of nitrogens with zero attached hydrogens (tertiary/aromatic N) is 3. The SMILES string of the molecule is CC[C@@H](Nc1nsnc1NC1CSC(S(=O)(=O)N2CCCC2CO)=C1O)c1ccc(C)o1. The van der Waals surface area contributed by atoms with Gasteiger partial charge in [0.15, 0.2) is 15.9 Å². The number of aromatic nitrogens is 2. The number of aliphatic hydroxyl groups is 2. The van der Waals surface area contributed by atoms with Gasteiger partial charge in [-0.3, -0.25) is 0 Å². The molecule has 0 aliphatic carbocycles. The summed E-state index contributed by atoms with van der Waals surface area (Å²) in [5, 5.41) is 26.7. The van der Waals surface area contributed by atoms with E-state index >= 15 is 0 Å². The quantitative estimate of drug-likeness (QED) is 0.405. The molecule has 0 amide bonds. The summed E-state index contributed by atoms with van der Waals surface area (Å²) in [6.07, 6.45) is 2.07. The topological polar surface area (TPSA) is 141 Å². The molecular weight excluding hydrogens is 474 g/mol. The molecule has 13 heteroatoms. The third-order valence-electron chi connectivity index (χ3n) is 5.62. The molecule has 2 aliphatic heterocycles. The van der Waals surface area contributed by atoms with Crippen LogP contribution in [0.1, 0.15) is 43.7 Å². The average Bonchev–Trinajstić information content (AvgIpc) is 3.55. The Labute approximate surface area is 195 Å². The molecule has 4 heterocycles. The zero-order valence-corrected chi connectivity index (χ0v) is 20.3. The summed E-state index contributed by atoms with van der Waals surface area (Å²) in [5.74, 6) is 2.69. The maximum Gasteiger partial charge on any atom is 0.252 e. The van der Waals surface area contributed by atoms with E-state index < -0.39 is 22.1 Å². The standard InChI is InChI=1S/C19H27N5O5S3/c1-3-13(15-7-6-11(2)29-15)20-17-18(23-31-22-17)21-14-10-30-19(16(14)26)32(27,28)24-8-4-5-12(24)9-25/h6-7,12-14,25-26H,3-5,8-10H2,1-2H3,(H,20,22)(H,21,23)/t12?,13-,14?/m1/s1. The molecule has 4 N–H and O–H groups in total. The third kappa shape index (κ3) is 4.49. The summed E-state index contributed by atoms with van der Waals surface area (Å²) < 4.78 is 41.7. The number of hydrogen-bond acceptors (Lipinski definition) is 11. The Balaban J connectivity index is 1.50. The molecular formula is C19H27N5O5S3. The number of anilines is 2. The van der Waals surface area contributed by atoms with Gasteiger partial charge in [0.2, 0.25) is 0 Å². The molecule has 2 aliphatic rings. The highest BCUT2D eigenvalue weighted by Crippen LogP contribution is 2.40. The normalized spacial score (nSPS) is 23.1. The Kier molecular flexibility index (Phi) is 7.00. The van der Waals surface area contributed by atoms with Gasteiger partial charge < -0.3 is 25.3 Å². The number of hydrogen-bond donors (Lipinski definition) is 4. The van der Waals surface area contributed by atoms with Gasteiger partial charge in [-0.05, 0) is 38.3 Å². The van der Waals surface area contributed by atoms with Gasteiger partial charge in [0.1, 0.15) is 17.3 Å². The van der Waals surface area contributed by atoms with E-state index in [0.717, 1.165) is 41.4 Å². The second-order valence-electron chi connectivity index (χ2n) is 7.79. The molecule has 0 spiro atoms. The number of aryl methyl sites for hydroxylation is 1. The highest BCUT2D eigenvalue weighted by molar-refractivity contribution is 8.18. The lowest BCUT2D eigenvalue weighted by Gasteiger charge is -2.22. The molecule has 0 bridgehead atoms. The van der Waals surface area contributed by atoms with Gasteiger partial charge in [0.05, 0.1) is 30.4 Å². The maximum atomic E-state index is 13.1. The molecule has 0 saturated carbocycles. The van der Waals surface area contributed by atoms with Crippen LogP contribution in [0.15, 0.2) is 26.5 Å². The summed E-state index contributed by atoms with van der Waals surface area (Å²) >= 11 is 2.11. The van der Waals surface area contributed by atoms with E-state index in [0.29, 0.717) is 36.8 Å². The van der Waals surface area contributed by atoms with Gasteiger partial charge >= 0.3 is 0 Å². The van der Waals surface area contributed by atoms with Crippen molar-refractivity contribution >= 4 is 45.1 Å². The minimum Gasteiger partial charge on any atom is -0.508 e. The van der Waals surface area contributed by atoms with Crippen molar-refractivity contribution in [2.24, 2.45) is 0 Å². The highest BCUT2D eigenvalue weighted by Gasteiger charge is 2.42. The molecule has 0 radical (unpaired) electrons. The van der Waals surface area contributed by atoms with Gasteiger partial charge in [0.25, 0.3) is 10.0 Å². The Morgan fingerprint density at radius 3 is 2.81 bits per heavy atom. The molecule has 2 aromatic heterocycles. The minimum absolute atomic E-state index is 0.0643. The molecule has 1 saturated heterocycles. The summed E-state index contributed by atoms with van der Waals surface area (Å²) in [6, 6.07) is 2.66. The first kappa shape index (κ1) is 23.4. The van der Waals surface area contributed by atoms with Crippen LogP contribution < -0.4 is 10.6 Å². The maximum absolute atomic E-state index is 13.1. The second-order valence-corrected chi connectivity index (χ2v) is 11.4. The zero-order chi connectivity index (χ0) is 22.9. The second kappa shape index (κ2) is 9.59. The lowest BCUT2D eigenvalue weighted by Crippen LogP contribution is -2.38. The fraction of sp³-hybridized carbons (Fsp3) is 0.579. The van der Waals surface area contributed by atoms with Crippen molar-refractivity contribution < 1.29 is 23.0 Å². The molecule has 3 atom stereocenters. The number of rotatable bonds is 9. The Morgan fingerprint density at radius 1 is 1.34 bits per heavy atom. The van der Waals surface area contributed by atoms with Crippen LogP contribution in [0, 0.1) is 6.92 Å². The van der Waals surface area contributed by atoms with E-state index in [1.807, 2.05) is 26.0 Å². The molecule has 10 nitrogen and oxygen atoms in total. The van der Waals surface area contributed by atoms with E-state index in [2.05, 4.69) is 19.4 Å². The Morgan fingerprint density at radius 2 is 2.12 bits per heavy atom. The van der Waals surface area contributed by atoms with Crippen LogP contribution in [-0.2, 0) is 10.0 Å². The fourth-order valence-electron chi connectivity index (χ4n) is 3.91. The van der Waals surface area contributed by atoms with Crippen molar-refractivity contribution in [1.82, 2.24) is 13.1 Å². The monoisotopic (exact) mass is 501 g/mol. The van der Waals surface area contributed by atoms with Crippen molar-refractivity contribution in [1.29, 1.82) is 0 Å². The van der Waals surface area contributed by atoms with E-state index in [9.17, 15) is 18.6 Å². The lowest BCUT2D eigenvalue weighted by atomic mass is 10.2. The van der Waals surface area contributed by atoms with Crippen LogP contribution in [0.25, 0.3) is 0 Å². The van der Waals surface area contributed by atoms with Gasteiger partial charge in [-0.25, -0.2) is 8.42 Å². The van der Waals surface area contributed by atoms with E-state index in [-0.39, 0.29) is 22.6 Å². The van der Waals surface area contributed by atoms with Crippen molar-refractivity contribution in [3.8, 4) is 0 Å². The summed E-state index contributed by atoms with van der Waals surface area (Å²) in [6.45, 7) is 4.03. The lowest BCUT2D eigenvalue weighted by molar-refractivity contribution is 0.214. The van der Waals surface area contributed by atoms with Crippen LogP contribution in [-0.4, -0.2) is 62.7 Å². The molecule has 1 fully saturated rings. The smallest absolute Gasteiger partial charge is 0.252 e. The summed E-state index contributed by atoms with van der Waals surface area (Å²) in [7, 11) is -3.86. The first-order valence-corrected chi connectivity index (χ1v) is 13.6. The van der Waals surface area contributed by atoms with Crippen molar-refractivity contribution in [3.05, 3.63) is 33.6 Å². The molecule has 4 rings (SSSR count). The van der Waals surface area contributed by atoms with Crippen LogP contribution >= 0.6 is 23.5 Å². The molecule has 32 heavy (non-hydrogen) atoms. The number of thioether (sulfide) groups is 1. The van der Waals surface area contributed by atoms with Gasteiger partial charge in [-0.2, -0.15) is 13.1 Å². The predicted molar refractivity (Wildman–Crippen MR) is 125 cm³/mol. The zero-order valence-electron chi connectivity index (χ0n) is 17.8. The molecule has 176 valence electrons. The number of sulfonamides is 1. The number of furan rings is 1. The van der Waals surface area contributed by atoms with Crippen molar-refractivity contribution in [2.75, 3.05) is 29.5 Å². The van der Waals surface area contributed by atoms with Crippen molar-refractivity contribution in [2.45, 2.75) is 51.2 Å². The Bertz CT molecular complexity index is 1080.